The average molecular weight is 322 g/mol. The van der Waals surface area contributed by atoms with E-state index in [9.17, 15) is 0 Å². The van der Waals surface area contributed by atoms with Crippen molar-refractivity contribution in [1.82, 2.24) is 0 Å². The lowest BCUT2D eigenvalue weighted by molar-refractivity contribution is 0.720. The third kappa shape index (κ3) is 9.64. The van der Waals surface area contributed by atoms with Crippen LogP contribution in [0.5, 0.6) is 0 Å². The van der Waals surface area contributed by atoms with E-state index in [0.717, 1.165) is 24.3 Å². The van der Waals surface area contributed by atoms with E-state index in [0.29, 0.717) is 0 Å². The molecule has 0 aliphatic heterocycles. The third-order valence-corrected chi connectivity index (χ3v) is 14.1. The van der Waals surface area contributed by atoms with Crippen LogP contribution >= 0.6 is 33.7 Å². The molecule has 0 fully saturated rings. The summed E-state index contributed by atoms with van der Waals surface area (Å²) < 4.78 is 6.01. The Kier molecular flexibility index (Phi) is 9.19. The first-order valence-corrected chi connectivity index (χ1v) is 14.5. The molecule has 0 saturated heterocycles. The van der Waals surface area contributed by atoms with Gasteiger partial charge in [-0.3, -0.25) is 0 Å². The molecular formula is C8H20OP2S4. The first-order chi connectivity index (χ1) is 6.83. The molecule has 0 spiro atoms. The van der Waals surface area contributed by atoms with Crippen LogP contribution in [0.2, 0.25) is 0 Å². The summed E-state index contributed by atoms with van der Waals surface area (Å²) in [6.45, 7) is 8.44. The third-order valence-electron chi connectivity index (χ3n) is 1.36. The van der Waals surface area contributed by atoms with Gasteiger partial charge >= 0.3 is 0 Å². The number of hydrogen-bond acceptors (Lipinski definition) is 5. The quantitative estimate of drug-likeness (QED) is 0.568. The zero-order chi connectivity index (χ0) is 11.9. The van der Waals surface area contributed by atoms with Crippen molar-refractivity contribution >= 4 is 57.3 Å². The molecule has 15 heavy (non-hydrogen) atoms. The number of rotatable bonds is 8. The van der Waals surface area contributed by atoms with Crippen LogP contribution in [0.15, 0.2) is 0 Å². The summed E-state index contributed by atoms with van der Waals surface area (Å²) in [5.41, 5.74) is -3.39. The van der Waals surface area contributed by atoms with E-state index < -0.39 is 10.9 Å². The Morgan fingerprint density at radius 1 is 0.933 bits per heavy atom. The molecule has 0 heterocycles. The minimum Gasteiger partial charge on any atom is -0.301 e. The van der Waals surface area contributed by atoms with Crippen molar-refractivity contribution in [3.05, 3.63) is 0 Å². The summed E-state index contributed by atoms with van der Waals surface area (Å²) in [7, 11) is 0. The molecule has 7 heteroatoms. The summed E-state index contributed by atoms with van der Waals surface area (Å²) in [4.78, 5) is 0. The van der Waals surface area contributed by atoms with Crippen molar-refractivity contribution < 1.29 is 4.31 Å². The average Bonchev–Trinajstić information content (AvgIpc) is 2.10. The van der Waals surface area contributed by atoms with E-state index in [1.807, 2.05) is 0 Å². The van der Waals surface area contributed by atoms with Crippen molar-refractivity contribution in [2.75, 3.05) is 24.8 Å². The van der Waals surface area contributed by atoms with E-state index in [2.05, 4.69) is 27.2 Å². The maximum absolute atomic E-state index is 6.01. The van der Waals surface area contributed by atoms with Gasteiger partial charge in [0.1, 0.15) is 10.9 Å². The Morgan fingerprint density at radius 3 is 1.53 bits per heavy atom. The molecule has 0 amide bonds. The second-order valence-electron chi connectivity index (χ2n) is 3.29. The van der Waals surface area contributed by atoms with Gasteiger partial charge in [0.05, 0.1) is 0 Å². The van der Waals surface area contributed by atoms with Crippen LogP contribution in [-0.2, 0) is 27.9 Å². The molecule has 2 atom stereocenters. The SMILES string of the molecule is CCCSP(C)(=S)OP(C)(=S)SCCC. The van der Waals surface area contributed by atoms with Gasteiger partial charge in [-0.1, -0.05) is 60.2 Å². The molecule has 0 aromatic heterocycles. The van der Waals surface area contributed by atoms with Crippen LogP contribution in [0, 0.1) is 0 Å². The monoisotopic (exact) mass is 322 g/mol. The summed E-state index contributed by atoms with van der Waals surface area (Å²) >= 11 is 14.6. The highest BCUT2D eigenvalue weighted by molar-refractivity contribution is 8.74. The molecule has 0 aliphatic carbocycles. The van der Waals surface area contributed by atoms with Crippen molar-refractivity contribution in [3.8, 4) is 0 Å². The van der Waals surface area contributed by atoms with Crippen LogP contribution in [0.25, 0.3) is 0 Å². The minimum atomic E-state index is -1.70. The minimum absolute atomic E-state index is 1.08. The highest BCUT2D eigenvalue weighted by atomic mass is 32.9. The molecule has 92 valence electrons. The van der Waals surface area contributed by atoms with Gasteiger partial charge in [0, 0.05) is 0 Å². The maximum atomic E-state index is 6.01. The summed E-state index contributed by atoms with van der Waals surface area (Å²) in [5.74, 6) is 2.17. The van der Waals surface area contributed by atoms with Crippen LogP contribution in [0.4, 0.5) is 0 Å². The Bertz CT molecular complexity index is 243. The molecule has 0 aromatic rings. The topological polar surface area (TPSA) is 9.23 Å². The zero-order valence-electron chi connectivity index (χ0n) is 9.76. The van der Waals surface area contributed by atoms with Crippen molar-refractivity contribution in [2.24, 2.45) is 0 Å². The fourth-order valence-corrected chi connectivity index (χ4v) is 16.0. The van der Waals surface area contributed by atoms with E-state index in [1.54, 1.807) is 22.8 Å². The van der Waals surface area contributed by atoms with Gasteiger partial charge in [-0.05, 0) is 37.7 Å². The van der Waals surface area contributed by atoms with E-state index in [4.69, 9.17) is 27.9 Å². The lowest BCUT2D eigenvalue weighted by atomic mass is 10.6. The summed E-state index contributed by atoms with van der Waals surface area (Å²) in [6.07, 6.45) is 2.30. The Hall–Kier alpha value is 1.96. The lowest BCUT2D eigenvalue weighted by Gasteiger charge is -2.24. The molecule has 0 aliphatic rings. The summed E-state index contributed by atoms with van der Waals surface area (Å²) in [5, 5.41) is 0. The molecule has 0 N–H and O–H groups in total. The smallest absolute Gasteiger partial charge is 0.122 e. The fourth-order valence-electron chi connectivity index (χ4n) is 0.831. The molecule has 0 saturated carbocycles. The van der Waals surface area contributed by atoms with Crippen LogP contribution in [0.3, 0.4) is 0 Å². The van der Waals surface area contributed by atoms with Gasteiger partial charge in [-0.15, -0.1) is 0 Å². The van der Waals surface area contributed by atoms with Crippen LogP contribution < -0.4 is 0 Å². The maximum Gasteiger partial charge on any atom is 0.122 e. The molecular weight excluding hydrogens is 302 g/mol. The Morgan fingerprint density at radius 2 is 1.27 bits per heavy atom. The molecule has 2 unspecified atom stereocenters. The first kappa shape index (κ1) is 17.0. The lowest BCUT2D eigenvalue weighted by Crippen LogP contribution is -1.84. The fraction of sp³-hybridized carbons (Fsp3) is 1.00. The molecule has 1 nitrogen and oxygen atoms in total. The van der Waals surface area contributed by atoms with Gasteiger partial charge < -0.3 is 4.31 Å². The van der Waals surface area contributed by atoms with Crippen molar-refractivity contribution in [3.63, 3.8) is 0 Å². The van der Waals surface area contributed by atoms with Crippen molar-refractivity contribution in [1.29, 1.82) is 0 Å². The van der Waals surface area contributed by atoms with E-state index in [1.165, 1.54) is 0 Å². The Balaban J connectivity index is 4.17. The predicted molar refractivity (Wildman–Crippen MR) is 87.0 cm³/mol. The standard InChI is InChI=1S/C8H20OP2S4/c1-5-7-14-10(3,12)9-11(4,13)15-8-6-2/h5-8H2,1-4H3. The highest BCUT2D eigenvalue weighted by Crippen LogP contribution is 2.72. The second-order valence-corrected chi connectivity index (χ2v) is 19.7. The van der Waals surface area contributed by atoms with Gasteiger partial charge in [0.15, 0.2) is 0 Å². The van der Waals surface area contributed by atoms with Crippen LogP contribution in [-0.4, -0.2) is 24.8 Å². The number of hydrogen-bond donors (Lipinski definition) is 0. The first-order valence-electron chi connectivity index (χ1n) is 4.98. The largest absolute Gasteiger partial charge is 0.301 e. The van der Waals surface area contributed by atoms with E-state index in [-0.39, 0.29) is 0 Å². The Labute approximate surface area is 113 Å². The molecule has 0 bridgehead atoms. The highest BCUT2D eigenvalue weighted by Gasteiger charge is 2.20. The molecule has 0 rings (SSSR count). The van der Waals surface area contributed by atoms with Gasteiger partial charge in [-0.2, -0.15) is 0 Å². The summed E-state index contributed by atoms with van der Waals surface area (Å²) in [6, 6.07) is 0. The molecule has 0 radical (unpaired) electrons. The van der Waals surface area contributed by atoms with Gasteiger partial charge in [0.25, 0.3) is 0 Å². The van der Waals surface area contributed by atoms with Gasteiger partial charge in [-0.25, -0.2) is 0 Å². The predicted octanol–water partition coefficient (Wildman–Crippen LogP) is 5.17. The van der Waals surface area contributed by atoms with Gasteiger partial charge in [0.2, 0.25) is 0 Å². The second kappa shape index (κ2) is 8.13. The normalized spacial score (nSPS) is 19.5. The van der Waals surface area contributed by atoms with Crippen LogP contribution in [0.1, 0.15) is 26.7 Å². The zero-order valence-corrected chi connectivity index (χ0v) is 14.8. The molecule has 0 aromatic carbocycles. The van der Waals surface area contributed by atoms with Crippen molar-refractivity contribution in [2.45, 2.75) is 26.7 Å². The van der Waals surface area contributed by atoms with E-state index >= 15 is 0 Å².